The molecule has 0 saturated carbocycles. The molecule has 1 aliphatic heterocycles. The Labute approximate surface area is 119 Å². The summed E-state index contributed by atoms with van der Waals surface area (Å²) in [5, 5.41) is 0.934. The molecule has 0 aliphatic carbocycles. The zero-order chi connectivity index (χ0) is 14.4. The Bertz CT molecular complexity index is 554. The van der Waals surface area contributed by atoms with Crippen molar-refractivity contribution in [1.82, 2.24) is 4.98 Å². The van der Waals surface area contributed by atoms with Crippen LogP contribution in [0.15, 0.2) is 30.5 Å². The summed E-state index contributed by atoms with van der Waals surface area (Å²) in [5.74, 6) is 5.93. The molecule has 2 aromatic rings. The fourth-order valence-electron chi connectivity index (χ4n) is 2.23. The maximum Gasteiger partial charge on any atom is 0.157 e. The van der Waals surface area contributed by atoms with Gasteiger partial charge >= 0.3 is 0 Å². The Kier molecular flexibility index (Phi) is 5.15. The van der Waals surface area contributed by atoms with E-state index in [0.717, 1.165) is 42.9 Å². The van der Waals surface area contributed by atoms with Gasteiger partial charge in [0.15, 0.2) is 5.75 Å². The van der Waals surface area contributed by atoms with Gasteiger partial charge in [0.2, 0.25) is 0 Å². The second-order valence-electron chi connectivity index (χ2n) is 4.23. The van der Waals surface area contributed by atoms with E-state index >= 15 is 0 Å². The van der Waals surface area contributed by atoms with Gasteiger partial charge in [-0.3, -0.25) is 4.98 Å². The molecule has 0 unspecified atom stereocenters. The van der Waals surface area contributed by atoms with Crippen LogP contribution in [-0.4, -0.2) is 31.3 Å². The molecule has 0 atom stereocenters. The number of hydrogen-bond acceptors (Lipinski definition) is 5. The maximum atomic E-state index is 5.35. The highest BCUT2D eigenvalue weighted by Crippen LogP contribution is 2.28. The monoisotopic (exact) mass is 275 g/mol. The first-order valence-electron chi connectivity index (χ1n) is 6.97. The molecule has 5 nitrogen and oxygen atoms in total. The summed E-state index contributed by atoms with van der Waals surface area (Å²) in [4.78, 5) is 11.5. The summed E-state index contributed by atoms with van der Waals surface area (Å²) in [5.41, 5.74) is 2.03. The van der Waals surface area contributed by atoms with E-state index in [9.17, 15) is 0 Å². The number of fused-ring (bicyclic) bond motifs is 1. The van der Waals surface area contributed by atoms with E-state index in [1.807, 2.05) is 19.9 Å². The third-order valence-corrected chi connectivity index (χ3v) is 3.19. The fraction of sp³-hybridized carbons (Fsp3) is 0.400. The molecular formula is C15H21N3O2. The molecule has 1 fully saturated rings. The van der Waals surface area contributed by atoms with Crippen molar-refractivity contribution < 1.29 is 9.57 Å². The first-order chi connectivity index (χ1) is 9.88. The van der Waals surface area contributed by atoms with Gasteiger partial charge in [-0.2, -0.15) is 5.90 Å². The Morgan fingerprint density at radius 1 is 1.20 bits per heavy atom. The van der Waals surface area contributed by atoms with E-state index in [-0.39, 0.29) is 0 Å². The summed E-state index contributed by atoms with van der Waals surface area (Å²) in [6.07, 6.45) is 1.69. The third-order valence-electron chi connectivity index (χ3n) is 3.19. The SMILES string of the molecule is CC.NOc1ccnc2ccc(N3CCOCC3)cc12. The van der Waals surface area contributed by atoms with Crippen LogP contribution in [0.3, 0.4) is 0 Å². The highest BCUT2D eigenvalue weighted by Gasteiger charge is 2.12. The quantitative estimate of drug-likeness (QED) is 0.852. The van der Waals surface area contributed by atoms with Crippen LogP contribution < -0.4 is 15.6 Å². The van der Waals surface area contributed by atoms with Crippen LogP contribution in [0.25, 0.3) is 10.9 Å². The Balaban J connectivity index is 0.000000704. The zero-order valence-corrected chi connectivity index (χ0v) is 12.0. The van der Waals surface area contributed by atoms with Crippen molar-refractivity contribution in [2.45, 2.75) is 13.8 Å². The normalized spacial score (nSPS) is 14.7. The lowest BCUT2D eigenvalue weighted by molar-refractivity contribution is 0.122. The van der Waals surface area contributed by atoms with Crippen LogP contribution in [0.2, 0.25) is 0 Å². The number of pyridine rings is 1. The van der Waals surface area contributed by atoms with E-state index in [4.69, 9.17) is 15.5 Å². The van der Waals surface area contributed by atoms with Gasteiger partial charge in [-0.1, -0.05) is 13.8 Å². The molecule has 108 valence electrons. The molecule has 1 aromatic heterocycles. The minimum absolute atomic E-state index is 0.648. The second kappa shape index (κ2) is 7.07. The Morgan fingerprint density at radius 2 is 1.95 bits per heavy atom. The van der Waals surface area contributed by atoms with Gasteiger partial charge in [-0.05, 0) is 18.2 Å². The molecule has 5 heteroatoms. The molecule has 1 saturated heterocycles. The molecule has 3 rings (SSSR count). The van der Waals surface area contributed by atoms with E-state index < -0.39 is 0 Å². The molecule has 1 aromatic carbocycles. The van der Waals surface area contributed by atoms with Gasteiger partial charge in [0, 0.05) is 36.4 Å². The van der Waals surface area contributed by atoms with Gasteiger partial charge in [-0.25, -0.2) is 0 Å². The molecular weight excluding hydrogens is 254 g/mol. The minimum atomic E-state index is 0.648. The fourth-order valence-corrected chi connectivity index (χ4v) is 2.23. The van der Waals surface area contributed by atoms with Crippen LogP contribution >= 0.6 is 0 Å². The molecule has 0 amide bonds. The number of benzene rings is 1. The zero-order valence-electron chi connectivity index (χ0n) is 12.0. The molecule has 0 spiro atoms. The molecule has 0 bridgehead atoms. The smallest absolute Gasteiger partial charge is 0.157 e. The van der Waals surface area contributed by atoms with Crippen molar-refractivity contribution in [3.63, 3.8) is 0 Å². The molecule has 1 aliphatic rings. The summed E-state index contributed by atoms with van der Waals surface area (Å²) < 4.78 is 5.35. The lowest BCUT2D eigenvalue weighted by Gasteiger charge is -2.29. The average molecular weight is 275 g/mol. The van der Waals surface area contributed by atoms with Crippen molar-refractivity contribution in [1.29, 1.82) is 0 Å². The Hall–Kier alpha value is -1.85. The largest absolute Gasteiger partial charge is 0.411 e. The number of hydrogen-bond donors (Lipinski definition) is 1. The maximum absolute atomic E-state index is 5.35. The highest BCUT2D eigenvalue weighted by molar-refractivity contribution is 5.88. The number of ether oxygens (including phenoxy) is 1. The van der Waals surface area contributed by atoms with Crippen molar-refractivity contribution in [2.24, 2.45) is 5.90 Å². The average Bonchev–Trinajstić information content (AvgIpc) is 2.56. The van der Waals surface area contributed by atoms with Crippen LogP contribution in [0.4, 0.5) is 5.69 Å². The van der Waals surface area contributed by atoms with Gasteiger partial charge in [0.05, 0.1) is 18.7 Å². The molecule has 20 heavy (non-hydrogen) atoms. The number of rotatable bonds is 2. The minimum Gasteiger partial charge on any atom is -0.411 e. The summed E-state index contributed by atoms with van der Waals surface area (Å²) in [7, 11) is 0. The second-order valence-corrected chi connectivity index (χ2v) is 4.23. The standard InChI is InChI=1S/C13H15N3O2.C2H6/c14-18-13-3-4-15-12-2-1-10(9-11(12)13)16-5-7-17-8-6-16;1-2/h1-4,9H,5-8,14H2;1-2H3. The van der Waals surface area contributed by atoms with Gasteiger partial charge in [-0.15, -0.1) is 0 Å². The van der Waals surface area contributed by atoms with Gasteiger partial charge in [0.1, 0.15) is 0 Å². The van der Waals surface area contributed by atoms with Gasteiger partial charge < -0.3 is 14.5 Å². The first kappa shape index (κ1) is 14.6. The van der Waals surface area contributed by atoms with Crippen molar-refractivity contribution >= 4 is 16.6 Å². The van der Waals surface area contributed by atoms with E-state index in [1.165, 1.54) is 0 Å². The van der Waals surface area contributed by atoms with Crippen LogP contribution in [-0.2, 0) is 4.74 Å². The first-order valence-corrected chi connectivity index (χ1v) is 6.97. The van der Waals surface area contributed by atoms with Crippen molar-refractivity contribution in [3.05, 3.63) is 30.5 Å². The number of nitrogens with zero attached hydrogens (tertiary/aromatic N) is 2. The number of anilines is 1. The summed E-state index contributed by atoms with van der Waals surface area (Å²) in [6, 6.07) is 7.89. The lowest BCUT2D eigenvalue weighted by atomic mass is 10.1. The lowest BCUT2D eigenvalue weighted by Crippen LogP contribution is -2.36. The van der Waals surface area contributed by atoms with Crippen LogP contribution in [0.1, 0.15) is 13.8 Å². The van der Waals surface area contributed by atoms with Gasteiger partial charge in [0.25, 0.3) is 0 Å². The summed E-state index contributed by atoms with van der Waals surface area (Å²) >= 11 is 0. The predicted molar refractivity (Wildman–Crippen MR) is 80.9 cm³/mol. The number of morpholine rings is 1. The highest BCUT2D eigenvalue weighted by atomic mass is 16.6. The molecule has 2 heterocycles. The molecule has 2 N–H and O–H groups in total. The third kappa shape index (κ3) is 3.00. The van der Waals surface area contributed by atoms with Crippen molar-refractivity contribution in [2.75, 3.05) is 31.2 Å². The topological polar surface area (TPSA) is 60.6 Å². The molecule has 0 radical (unpaired) electrons. The van der Waals surface area contributed by atoms with Crippen molar-refractivity contribution in [3.8, 4) is 5.75 Å². The van der Waals surface area contributed by atoms with E-state index in [1.54, 1.807) is 12.3 Å². The van der Waals surface area contributed by atoms with E-state index in [2.05, 4.69) is 22.0 Å². The van der Waals surface area contributed by atoms with E-state index in [0.29, 0.717) is 5.75 Å². The van der Waals surface area contributed by atoms with Crippen LogP contribution in [0.5, 0.6) is 5.75 Å². The number of nitrogens with two attached hydrogens (primary N) is 1. The number of aromatic nitrogens is 1. The summed E-state index contributed by atoms with van der Waals surface area (Å²) in [6.45, 7) is 7.35. The Morgan fingerprint density at radius 3 is 2.65 bits per heavy atom. The van der Waals surface area contributed by atoms with Crippen LogP contribution in [0, 0.1) is 0 Å². The predicted octanol–water partition coefficient (Wildman–Crippen LogP) is 2.35.